The van der Waals surface area contributed by atoms with E-state index in [2.05, 4.69) is 11.6 Å². The molecule has 22 heavy (non-hydrogen) atoms. The molecule has 0 aromatic carbocycles. The van der Waals surface area contributed by atoms with Crippen molar-refractivity contribution in [2.24, 2.45) is 0 Å². The predicted octanol–water partition coefficient (Wildman–Crippen LogP) is 2.37. The number of carbonyl (C=O) groups excluding carboxylic acids is 2. The van der Waals surface area contributed by atoms with Gasteiger partial charge in [0, 0.05) is 18.3 Å². The third-order valence-corrected chi connectivity index (χ3v) is 5.45. The van der Waals surface area contributed by atoms with Gasteiger partial charge in [0.2, 0.25) is 5.91 Å². The number of amides is 2. The largest absolute Gasteiger partial charge is 0.466 e. The summed E-state index contributed by atoms with van der Waals surface area (Å²) in [5, 5.41) is 3.20. The molecule has 0 unspecified atom stereocenters. The Morgan fingerprint density at radius 3 is 2.73 bits per heavy atom. The number of aryl methyl sites for hydroxylation is 2. The van der Waals surface area contributed by atoms with Crippen molar-refractivity contribution in [2.75, 3.05) is 19.8 Å². The topological polar surface area (TPSA) is 62.6 Å². The molecule has 6 heteroatoms. The Bertz CT molecular complexity index is 556. The van der Waals surface area contributed by atoms with Crippen LogP contribution in [0.2, 0.25) is 0 Å². The Labute approximate surface area is 135 Å². The van der Waals surface area contributed by atoms with Crippen LogP contribution in [0.15, 0.2) is 10.5 Å². The Balaban J connectivity index is 1.89. The van der Waals surface area contributed by atoms with Crippen LogP contribution in [-0.4, -0.2) is 47.9 Å². The second-order valence-electron chi connectivity index (χ2n) is 5.79. The Kier molecular flexibility index (Phi) is 5.56. The quantitative estimate of drug-likeness (QED) is 0.903. The number of hydrogen-bond acceptors (Lipinski definition) is 4. The molecule has 0 radical (unpaired) electrons. The van der Waals surface area contributed by atoms with E-state index in [4.69, 9.17) is 4.42 Å². The minimum atomic E-state index is -0.260. The third-order valence-electron chi connectivity index (χ3n) is 4.30. The summed E-state index contributed by atoms with van der Waals surface area (Å²) in [5.41, 5.74) is 0.496. The smallest absolute Gasteiger partial charge is 0.255 e. The Morgan fingerprint density at radius 1 is 1.41 bits per heavy atom. The molecule has 0 aliphatic heterocycles. The molecule has 0 spiro atoms. The molecule has 5 nitrogen and oxygen atoms in total. The van der Waals surface area contributed by atoms with Crippen molar-refractivity contribution >= 4 is 23.6 Å². The molecule has 1 aromatic heterocycles. The molecule has 1 saturated carbocycles. The second kappa shape index (κ2) is 7.22. The number of furan rings is 1. The minimum absolute atomic E-state index is 0.0244. The SMILES string of the molecule is CS[C@H]1CCC[C@@H]1N(C)C(=O)CNC(=O)c1cc(C)oc1C. The Hall–Kier alpha value is -1.43. The minimum Gasteiger partial charge on any atom is -0.466 e. The average molecular weight is 324 g/mol. The Morgan fingerprint density at radius 2 is 2.14 bits per heavy atom. The number of rotatable bonds is 5. The number of hydrogen-bond donors (Lipinski definition) is 1. The maximum Gasteiger partial charge on any atom is 0.255 e. The second-order valence-corrected chi connectivity index (χ2v) is 6.86. The van der Waals surface area contributed by atoms with Gasteiger partial charge in [-0.2, -0.15) is 11.8 Å². The first-order chi connectivity index (χ1) is 10.4. The average Bonchev–Trinajstić information content (AvgIpc) is 3.09. The lowest BCUT2D eigenvalue weighted by Crippen LogP contribution is -2.45. The van der Waals surface area contributed by atoms with Crippen LogP contribution in [0, 0.1) is 13.8 Å². The van der Waals surface area contributed by atoms with Gasteiger partial charge in [-0.05, 0) is 39.0 Å². The van der Waals surface area contributed by atoms with Crippen molar-refractivity contribution in [1.82, 2.24) is 10.2 Å². The van der Waals surface area contributed by atoms with E-state index in [0.717, 1.165) is 19.3 Å². The standard InChI is InChI=1S/C16H24N2O3S/c1-10-8-12(11(2)21-10)16(20)17-9-15(19)18(3)13-6-5-7-14(13)22-4/h8,13-14H,5-7,9H2,1-4H3,(H,17,20)/t13-,14-/m0/s1. The summed E-state index contributed by atoms with van der Waals surface area (Å²) in [6, 6.07) is 1.97. The van der Waals surface area contributed by atoms with E-state index in [1.54, 1.807) is 24.8 Å². The molecule has 1 aliphatic carbocycles. The number of carbonyl (C=O) groups is 2. The molecule has 2 rings (SSSR count). The molecular formula is C16H24N2O3S. The third kappa shape index (κ3) is 3.66. The van der Waals surface area contributed by atoms with Crippen LogP contribution in [0.5, 0.6) is 0 Å². The van der Waals surface area contributed by atoms with Crippen LogP contribution in [-0.2, 0) is 4.79 Å². The van der Waals surface area contributed by atoms with Gasteiger partial charge in [0.1, 0.15) is 11.5 Å². The number of nitrogens with one attached hydrogen (secondary N) is 1. The first-order valence-corrected chi connectivity index (χ1v) is 8.86. The van der Waals surface area contributed by atoms with Crippen LogP contribution < -0.4 is 5.32 Å². The summed E-state index contributed by atoms with van der Waals surface area (Å²) in [7, 11) is 1.83. The van der Waals surface area contributed by atoms with Crippen LogP contribution in [0.3, 0.4) is 0 Å². The summed E-state index contributed by atoms with van der Waals surface area (Å²) < 4.78 is 5.34. The molecule has 0 saturated heterocycles. The van der Waals surface area contributed by atoms with Gasteiger partial charge in [0.05, 0.1) is 12.1 Å². The summed E-state index contributed by atoms with van der Waals surface area (Å²) in [5.74, 6) is 0.968. The highest BCUT2D eigenvalue weighted by Crippen LogP contribution is 2.31. The fourth-order valence-corrected chi connectivity index (χ4v) is 4.08. The summed E-state index contributed by atoms with van der Waals surface area (Å²) in [6.07, 6.45) is 5.45. The van der Waals surface area contributed by atoms with Gasteiger partial charge < -0.3 is 14.6 Å². The highest BCUT2D eigenvalue weighted by atomic mass is 32.2. The molecule has 1 N–H and O–H groups in total. The maximum atomic E-state index is 12.3. The summed E-state index contributed by atoms with van der Waals surface area (Å²) >= 11 is 1.82. The molecule has 1 aliphatic rings. The zero-order chi connectivity index (χ0) is 16.3. The normalized spacial score (nSPS) is 20.9. The van der Waals surface area contributed by atoms with E-state index in [-0.39, 0.29) is 24.4 Å². The number of thioether (sulfide) groups is 1. The lowest BCUT2D eigenvalue weighted by atomic mass is 10.2. The van der Waals surface area contributed by atoms with E-state index in [1.165, 1.54) is 0 Å². The first kappa shape index (κ1) is 16.9. The van der Waals surface area contributed by atoms with E-state index in [0.29, 0.717) is 22.3 Å². The van der Waals surface area contributed by atoms with Gasteiger partial charge in [-0.25, -0.2) is 0 Å². The zero-order valence-corrected chi connectivity index (χ0v) is 14.5. The number of likely N-dealkylation sites (N-methyl/N-ethyl adjacent to an activating group) is 1. The molecule has 2 atom stereocenters. The molecule has 2 amide bonds. The van der Waals surface area contributed by atoms with Gasteiger partial charge >= 0.3 is 0 Å². The van der Waals surface area contributed by atoms with E-state index >= 15 is 0 Å². The van der Waals surface area contributed by atoms with Gasteiger partial charge in [0.25, 0.3) is 5.91 Å². The van der Waals surface area contributed by atoms with Crippen LogP contribution in [0.4, 0.5) is 0 Å². The van der Waals surface area contributed by atoms with Crippen molar-refractivity contribution < 1.29 is 14.0 Å². The van der Waals surface area contributed by atoms with Crippen molar-refractivity contribution in [3.05, 3.63) is 23.2 Å². The van der Waals surface area contributed by atoms with E-state index < -0.39 is 0 Å². The molecule has 1 fully saturated rings. The molecular weight excluding hydrogens is 300 g/mol. The van der Waals surface area contributed by atoms with Gasteiger partial charge in [-0.3, -0.25) is 9.59 Å². The maximum absolute atomic E-state index is 12.3. The zero-order valence-electron chi connectivity index (χ0n) is 13.6. The van der Waals surface area contributed by atoms with E-state index in [1.807, 2.05) is 18.8 Å². The van der Waals surface area contributed by atoms with Crippen LogP contribution in [0.25, 0.3) is 0 Å². The lowest BCUT2D eigenvalue weighted by Gasteiger charge is -2.29. The van der Waals surface area contributed by atoms with E-state index in [9.17, 15) is 9.59 Å². The van der Waals surface area contributed by atoms with Gasteiger partial charge in [-0.1, -0.05) is 6.42 Å². The van der Waals surface area contributed by atoms with Crippen LogP contribution in [0.1, 0.15) is 41.1 Å². The highest BCUT2D eigenvalue weighted by Gasteiger charge is 2.32. The molecule has 0 bridgehead atoms. The summed E-state index contributed by atoms with van der Waals surface area (Å²) in [6.45, 7) is 3.57. The highest BCUT2D eigenvalue weighted by molar-refractivity contribution is 7.99. The molecule has 122 valence electrons. The fourth-order valence-electron chi connectivity index (χ4n) is 3.04. The van der Waals surface area contributed by atoms with Gasteiger partial charge in [-0.15, -0.1) is 0 Å². The van der Waals surface area contributed by atoms with Crippen molar-refractivity contribution in [2.45, 2.75) is 44.4 Å². The fraction of sp³-hybridized carbons (Fsp3) is 0.625. The number of nitrogens with zero attached hydrogens (tertiary/aromatic N) is 1. The first-order valence-electron chi connectivity index (χ1n) is 7.57. The monoisotopic (exact) mass is 324 g/mol. The van der Waals surface area contributed by atoms with Crippen LogP contribution >= 0.6 is 11.8 Å². The van der Waals surface area contributed by atoms with Crippen molar-refractivity contribution in [3.8, 4) is 0 Å². The van der Waals surface area contributed by atoms with Crippen molar-refractivity contribution in [3.63, 3.8) is 0 Å². The lowest BCUT2D eigenvalue weighted by molar-refractivity contribution is -0.130. The van der Waals surface area contributed by atoms with Gasteiger partial charge in [0.15, 0.2) is 0 Å². The predicted molar refractivity (Wildman–Crippen MR) is 88.2 cm³/mol. The van der Waals surface area contributed by atoms with Crippen molar-refractivity contribution in [1.29, 1.82) is 0 Å². The molecule has 1 aromatic rings. The summed E-state index contributed by atoms with van der Waals surface area (Å²) in [4.78, 5) is 26.2. The molecule has 1 heterocycles.